The Balaban J connectivity index is 2.29. The second-order valence-electron chi connectivity index (χ2n) is 3.74. The van der Waals surface area contributed by atoms with E-state index in [0.29, 0.717) is 0 Å². The summed E-state index contributed by atoms with van der Waals surface area (Å²) < 4.78 is 2.94. The molecule has 0 bridgehead atoms. The van der Waals surface area contributed by atoms with Crippen LogP contribution in [0, 0.1) is 0 Å². The van der Waals surface area contributed by atoms with Gasteiger partial charge in [-0.1, -0.05) is 0 Å². The van der Waals surface area contributed by atoms with Gasteiger partial charge in [0.2, 0.25) is 0 Å². The molecule has 1 aliphatic carbocycles. The molecule has 1 aliphatic rings. The first kappa shape index (κ1) is 9.54. The van der Waals surface area contributed by atoms with E-state index in [1.807, 2.05) is 17.9 Å². The molecule has 2 heterocycles. The van der Waals surface area contributed by atoms with Crippen molar-refractivity contribution in [3.63, 3.8) is 0 Å². The first-order chi connectivity index (χ1) is 7.25. The Morgan fingerprint density at radius 3 is 3.20 bits per heavy atom. The van der Waals surface area contributed by atoms with Crippen LogP contribution in [0.2, 0.25) is 0 Å². The fourth-order valence-corrected chi connectivity index (χ4v) is 3.73. The van der Waals surface area contributed by atoms with Gasteiger partial charge in [-0.3, -0.25) is 4.68 Å². The molecule has 2 aromatic rings. The zero-order chi connectivity index (χ0) is 10.4. The van der Waals surface area contributed by atoms with Crippen molar-refractivity contribution in [2.45, 2.75) is 19.3 Å². The van der Waals surface area contributed by atoms with Gasteiger partial charge in [-0.15, -0.1) is 11.3 Å². The molecule has 0 saturated heterocycles. The molecule has 2 aromatic heterocycles. The number of aromatic nitrogens is 3. The van der Waals surface area contributed by atoms with Gasteiger partial charge in [0.15, 0.2) is 3.92 Å². The van der Waals surface area contributed by atoms with Gasteiger partial charge in [-0.05, 0) is 40.8 Å². The highest BCUT2D eigenvalue weighted by Crippen LogP contribution is 2.37. The Labute approximate surface area is 100 Å². The zero-order valence-electron chi connectivity index (χ0n) is 8.33. The van der Waals surface area contributed by atoms with Crippen LogP contribution in [0.3, 0.4) is 0 Å². The number of hydrogen-bond donors (Lipinski definition) is 0. The van der Waals surface area contributed by atoms with Gasteiger partial charge in [-0.2, -0.15) is 5.10 Å². The summed E-state index contributed by atoms with van der Waals surface area (Å²) in [6.45, 7) is 0. The average Bonchev–Trinajstić information content (AvgIpc) is 2.67. The Morgan fingerprint density at radius 2 is 2.33 bits per heavy atom. The molecule has 0 unspecified atom stereocenters. The maximum atomic E-state index is 4.52. The minimum absolute atomic E-state index is 0.974. The van der Waals surface area contributed by atoms with E-state index < -0.39 is 0 Å². The third-order valence-electron chi connectivity index (χ3n) is 2.76. The molecule has 5 heteroatoms. The summed E-state index contributed by atoms with van der Waals surface area (Å²) in [6, 6.07) is 0. The smallest absolute Gasteiger partial charge is 0.159 e. The fourth-order valence-electron chi connectivity index (χ4n) is 2.08. The van der Waals surface area contributed by atoms with Crippen LogP contribution in [-0.4, -0.2) is 14.8 Å². The third-order valence-corrected chi connectivity index (χ3v) is 4.32. The van der Waals surface area contributed by atoms with Crippen LogP contribution < -0.4 is 0 Å². The molecule has 3 nitrogen and oxygen atoms in total. The largest absolute Gasteiger partial charge is 0.267 e. The zero-order valence-corrected chi connectivity index (χ0v) is 10.7. The normalized spacial score (nSPS) is 14.5. The number of hydrogen-bond acceptors (Lipinski definition) is 3. The summed E-state index contributed by atoms with van der Waals surface area (Å²) >= 11 is 5.17. The summed E-state index contributed by atoms with van der Waals surface area (Å²) in [5.74, 6) is 0. The highest BCUT2D eigenvalue weighted by molar-refractivity contribution is 9.11. The summed E-state index contributed by atoms with van der Waals surface area (Å²) in [4.78, 5) is 5.81. The maximum Gasteiger partial charge on any atom is 0.159 e. The van der Waals surface area contributed by atoms with E-state index in [1.165, 1.54) is 28.2 Å². The number of rotatable bonds is 0. The first-order valence-electron chi connectivity index (χ1n) is 4.92. The van der Waals surface area contributed by atoms with Crippen molar-refractivity contribution in [3.05, 3.63) is 21.4 Å². The third kappa shape index (κ3) is 1.45. The van der Waals surface area contributed by atoms with E-state index >= 15 is 0 Å². The van der Waals surface area contributed by atoms with Crippen LogP contribution >= 0.6 is 27.3 Å². The van der Waals surface area contributed by atoms with Gasteiger partial charge < -0.3 is 0 Å². The number of aryl methyl sites for hydroxylation is 3. The minimum atomic E-state index is 0.974. The molecule has 0 N–H and O–H groups in total. The van der Waals surface area contributed by atoms with E-state index in [2.05, 4.69) is 26.0 Å². The minimum Gasteiger partial charge on any atom is -0.267 e. The van der Waals surface area contributed by atoms with Crippen LogP contribution in [0.5, 0.6) is 0 Å². The van der Waals surface area contributed by atoms with Gasteiger partial charge in [0.1, 0.15) is 0 Å². The van der Waals surface area contributed by atoms with E-state index in [4.69, 9.17) is 0 Å². The molecular weight excluding hydrogens is 274 g/mol. The first-order valence-corrected chi connectivity index (χ1v) is 6.53. The van der Waals surface area contributed by atoms with Crippen molar-refractivity contribution in [2.75, 3.05) is 0 Å². The molecule has 15 heavy (non-hydrogen) atoms. The second kappa shape index (κ2) is 3.42. The Hall–Kier alpha value is -0.680. The van der Waals surface area contributed by atoms with Crippen LogP contribution in [0.15, 0.2) is 10.1 Å². The summed E-state index contributed by atoms with van der Waals surface area (Å²) in [5.41, 5.74) is 3.83. The summed E-state index contributed by atoms with van der Waals surface area (Å²) in [5, 5.41) is 4.33. The predicted octanol–water partition coefficient (Wildman–Crippen LogP) is 2.79. The van der Waals surface area contributed by atoms with Crippen molar-refractivity contribution in [3.8, 4) is 10.6 Å². The van der Waals surface area contributed by atoms with E-state index in [1.54, 1.807) is 11.3 Å². The summed E-state index contributed by atoms with van der Waals surface area (Å²) in [7, 11) is 2.00. The number of halogens is 1. The van der Waals surface area contributed by atoms with Gasteiger partial charge in [-0.25, -0.2) is 4.98 Å². The average molecular weight is 284 g/mol. The molecule has 78 valence electrons. The van der Waals surface area contributed by atoms with Crippen molar-refractivity contribution in [1.82, 2.24) is 14.8 Å². The van der Waals surface area contributed by atoms with E-state index in [0.717, 1.165) is 16.8 Å². The quantitative estimate of drug-likeness (QED) is 0.744. The Kier molecular flexibility index (Phi) is 2.17. The molecular formula is C10H10BrN3S. The van der Waals surface area contributed by atoms with Crippen LogP contribution in [0.4, 0.5) is 0 Å². The SMILES string of the molecule is Cn1ncc2c1-c1sc(Br)nc1CCC2. The predicted molar refractivity (Wildman–Crippen MR) is 64.0 cm³/mol. The molecule has 0 fully saturated rings. The molecule has 0 radical (unpaired) electrons. The van der Waals surface area contributed by atoms with Gasteiger partial charge in [0.25, 0.3) is 0 Å². The number of thiazole rings is 1. The Morgan fingerprint density at radius 1 is 1.47 bits per heavy atom. The molecule has 0 spiro atoms. The summed E-state index contributed by atoms with van der Waals surface area (Å²) in [6.07, 6.45) is 5.34. The molecule has 0 aromatic carbocycles. The molecule has 0 aliphatic heterocycles. The topological polar surface area (TPSA) is 30.7 Å². The van der Waals surface area contributed by atoms with E-state index in [9.17, 15) is 0 Å². The highest BCUT2D eigenvalue weighted by atomic mass is 79.9. The fraction of sp³-hybridized carbons (Fsp3) is 0.400. The van der Waals surface area contributed by atoms with Gasteiger partial charge in [0.05, 0.1) is 22.5 Å². The molecule has 3 rings (SSSR count). The lowest BCUT2D eigenvalue weighted by Gasteiger charge is -2.00. The van der Waals surface area contributed by atoms with Crippen molar-refractivity contribution < 1.29 is 0 Å². The maximum absolute atomic E-state index is 4.52. The standard InChI is InChI=1S/C10H10BrN3S/c1-14-8-6(5-12-14)3-2-4-7-9(8)15-10(11)13-7/h5H,2-4H2,1H3. The van der Waals surface area contributed by atoms with Crippen molar-refractivity contribution >= 4 is 27.3 Å². The lowest BCUT2D eigenvalue weighted by Crippen LogP contribution is -1.94. The highest BCUT2D eigenvalue weighted by Gasteiger charge is 2.21. The van der Waals surface area contributed by atoms with Gasteiger partial charge in [0, 0.05) is 7.05 Å². The lowest BCUT2D eigenvalue weighted by atomic mass is 10.1. The monoisotopic (exact) mass is 283 g/mol. The van der Waals surface area contributed by atoms with Crippen molar-refractivity contribution in [1.29, 1.82) is 0 Å². The molecule has 0 atom stereocenters. The Bertz CT molecular complexity index is 515. The number of nitrogens with zero attached hydrogens (tertiary/aromatic N) is 3. The number of fused-ring (bicyclic) bond motifs is 3. The lowest BCUT2D eigenvalue weighted by molar-refractivity contribution is 0.775. The van der Waals surface area contributed by atoms with Gasteiger partial charge >= 0.3 is 0 Å². The van der Waals surface area contributed by atoms with Crippen molar-refractivity contribution in [2.24, 2.45) is 7.05 Å². The van der Waals surface area contributed by atoms with E-state index in [-0.39, 0.29) is 0 Å². The molecule has 0 amide bonds. The van der Waals surface area contributed by atoms with Crippen LogP contribution in [-0.2, 0) is 19.9 Å². The van der Waals surface area contributed by atoms with Crippen LogP contribution in [0.25, 0.3) is 10.6 Å². The second-order valence-corrected chi connectivity index (χ2v) is 6.01. The molecule has 0 saturated carbocycles. The van der Waals surface area contributed by atoms with Crippen LogP contribution in [0.1, 0.15) is 17.7 Å².